The number of aliphatic imine (C=N–C) groups is 1. The molecule has 3 aromatic rings. The van der Waals surface area contributed by atoms with Crippen LogP contribution in [0.15, 0.2) is 89.4 Å². The molecule has 140 valence electrons. The molecule has 0 atom stereocenters. The highest BCUT2D eigenvalue weighted by Crippen LogP contribution is 2.33. The van der Waals surface area contributed by atoms with Crippen LogP contribution < -0.4 is 5.32 Å². The fourth-order valence-corrected chi connectivity index (χ4v) is 4.40. The van der Waals surface area contributed by atoms with Gasteiger partial charge in [-0.1, -0.05) is 41.6 Å². The summed E-state index contributed by atoms with van der Waals surface area (Å²) in [5.74, 6) is 0.407. The Morgan fingerprint density at radius 2 is 1.96 bits per heavy atom. The van der Waals surface area contributed by atoms with E-state index in [-0.39, 0.29) is 5.91 Å². The Hall–Kier alpha value is -1.93. The lowest BCUT2D eigenvalue weighted by Gasteiger charge is -1.99. The number of hydrogen-bond donors (Lipinski definition) is 1. The Bertz CT molecular complexity index is 1100. The van der Waals surface area contributed by atoms with Crippen LogP contribution in [0.3, 0.4) is 0 Å². The summed E-state index contributed by atoms with van der Waals surface area (Å²) in [6.45, 7) is 0. The van der Waals surface area contributed by atoms with Gasteiger partial charge in [0.25, 0.3) is 5.91 Å². The van der Waals surface area contributed by atoms with Gasteiger partial charge in [-0.25, -0.2) is 4.99 Å². The summed E-state index contributed by atoms with van der Waals surface area (Å²) in [5.41, 5.74) is 0.664. The van der Waals surface area contributed by atoms with Gasteiger partial charge in [0.15, 0.2) is 10.3 Å². The topological polar surface area (TPSA) is 54.6 Å². The molecule has 4 rings (SSSR count). The minimum atomic E-state index is -0.208. The number of nitrogens with one attached hydrogen (secondary N) is 1. The Morgan fingerprint density at radius 3 is 2.75 bits per heavy atom. The fraction of sp³-hybridized carbons (Fsp3) is 0. The number of rotatable bonds is 4. The molecule has 1 N–H and O–H groups in total. The number of amidine groups is 1. The first kappa shape index (κ1) is 19.4. The SMILES string of the molecule is O=C1NC(=Nc2ccc(Br)c(Cl)c2)S/C1=C\c1ccc(Sc2ccccc2)o1. The van der Waals surface area contributed by atoms with E-state index in [1.807, 2.05) is 54.6 Å². The molecule has 2 aromatic carbocycles. The zero-order valence-corrected chi connectivity index (χ0v) is 18.2. The number of hydrogen-bond acceptors (Lipinski definition) is 5. The number of furan rings is 1. The Labute approximate surface area is 183 Å². The van der Waals surface area contributed by atoms with Crippen LogP contribution in [-0.2, 0) is 4.79 Å². The van der Waals surface area contributed by atoms with E-state index in [9.17, 15) is 4.79 Å². The molecule has 1 aromatic heterocycles. The summed E-state index contributed by atoms with van der Waals surface area (Å²) < 4.78 is 6.61. The Kier molecular flexibility index (Phi) is 5.96. The van der Waals surface area contributed by atoms with Crippen LogP contribution in [0.2, 0.25) is 5.02 Å². The first-order chi connectivity index (χ1) is 13.6. The maximum Gasteiger partial charge on any atom is 0.264 e. The van der Waals surface area contributed by atoms with Crippen molar-refractivity contribution in [3.63, 3.8) is 0 Å². The number of benzene rings is 2. The largest absolute Gasteiger partial charge is 0.450 e. The number of amides is 1. The zero-order chi connectivity index (χ0) is 19.5. The summed E-state index contributed by atoms with van der Waals surface area (Å²) in [6.07, 6.45) is 1.71. The number of carbonyl (C=O) groups excluding carboxylic acids is 1. The second-order valence-corrected chi connectivity index (χ2v) is 9.02. The van der Waals surface area contributed by atoms with Gasteiger partial charge in [0, 0.05) is 15.4 Å². The third kappa shape index (κ3) is 4.72. The van der Waals surface area contributed by atoms with E-state index in [1.165, 1.54) is 23.5 Å². The Balaban J connectivity index is 1.49. The third-order valence-electron chi connectivity index (χ3n) is 3.62. The van der Waals surface area contributed by atoms with Crippen molar-refractivity contribution >= 4 is 73.9 Å². The predicted molar refractivity (Wildman–Crippen MR) is 119 cm³/mol. The second-order valence-electron chi connectivity index (χ2n) is 5.65. The fourth-order valence-electron chi connectivity index (χ4n) is 2.35. The first-order valence-corrected chi connectivity index (χ1v) is 10.9. The monoisotopic (exact) mass is 490 g/mol. The molecule has 0 aliphatic carbocycles. The molecular weight excluding hydrogens is 480 g/mol. The van der Waals surface area contributed by atoms with Crippen molar-refractivity contribution in [2.24, 2.45) is 4.99 Å². The normalized spacial score (nSPS) is 16.7. The van der Waals surface area contributed by atoms with E-state index in [4.69, 9.17) is 16.0 Å². The smallest absolute Gasteiger partial charge is 0.264 e. The van der Waals surface area contributed by atoms with Crippen LogP contribution in [0.25, 0.3) is 6.08 Å². The van der Waals surface area contributed by atoms with E-state index < -0.39 is 0 Å². The highest BCUT2D eigenvalue weighted by atomic mass is 79.9. The molecular formula is C20H12BrClN2O2S2. The van der Waals surface area contributed by atoms with E-state index in [1.54, 1.807) is 12.1 Å². The first-order valence-electron chi connectivity index (χ1n) is 8.14. The minimum Gasteiger partial charge on any atom is -0.450 e. The number of halogens is 2. The molecule has 0 unspecified atom stereocenters. The van der Waals surface area contributed by atoms with Crippen LogP contribution in [0.5, 0.6) is 0 Å². The molecule has 8 heteroatoms. The van der Waals surface area contributed by atoms with Gasteiger partial charge in [0.1, 0.15) is 5.76 Å². The van der Waals surface area contributed by atoms with E-state index in [0.717, 1.165) is 14.5 Å². The maximum atomic E-state index is 12.2. The predicted octanol–water partition coefficient (Wildman–Crippen LogP) is 6.74. The molecule has 1 saturated heterocycles. The van der Waals surface area contributed by atoms with E-state index in [2.05, 4.69) is 26.2 Å². The van der Waals surface area contributed by atoms with Crippen molar-refractivity contribution in [1.82, 2.24) is 5.32 Å². The molecule has 1 fully saturated rings. The molecule has 1 aliphatic rings. The zero-order valence-electron chi connectivity index (χ0n) is 14.2. The second kappa shape index (κ2) is 8.61. The lowest BCUT2D eigenvalue weighted by Crippen LogP contribution is -2.19. The maximum absolute atomic E-state index is 12.2. The van der Waals surface area contributed by atoms with Gasteiger partial charge >= 0.3 is 0 Å². The number of nitrogens with zero attached hydrogens (tertiary/aromatic N) is 1. The molecule has 28 heavy (non-hydrogen) atoms. The molecule has 0 saturated carbocycles. The van der Waals surface area contributed by atoms with E-state index in [0.29, 0.717) is 26.5 Å². The van der Waals surface area contributed by atoms with Gasteiger partial charge < -0.3 is 9.73 Å². The molecule has 0 spiro atoms. The van der Waals surface area contributed by atoms with Crippen molar-refractivity contribution in [2.75, 3.05) is 0 Å². The summed E-state index contributed by atoms with van der Waals surface area (Å²) in [6, 6.07) is 19.1. The van der Waals surface area contributed by atoms with Gasteiger partial charge in [-0.2, -0.15) is 0 Å². The minimum absolute atomic E-state index is 0.208. The Morgan fingerprint density at radius 1 is 1.14 bits per heavy atom. The van der Waals surface area contributed by atoms with Crippen molar-refractivity contribution in [3.05, 3.63) is 80.8 Å². The standard InChI is InChI=1S/C20H12BrClN2O2S2/c21-15-8-6-12(10-16(15)22)23-20-24-19(25)17(28-20)11-13-7-9-18(26-13)27-14-4-2-1-3-5-14/h1-11H,(H,23,24,25)/b17-11-. The van der Waals surface area contributed by atoms with Gasteiger partial charge in [-0.05, 0) is 70.2 Å². The van der Waals surface area contributed by atoms with Gasteiger partial charge in [0.05, 0.1) is 15.6 Å². The van der Waals surface area contributed by atoms with E-state index >= 15 is 0 Å². The molecule has 0 bridgehead atoms. The van der Waals surface area contributed by atoms with Crippen molar-refractivity contribution < 1.29 is 9.21 Å². The highest BCUT2D eigenvalue weighted by Gasteiger charge is 2.24. The quantitative estimate of drug-likeness (QED) is 0.411. The molecule has 1 amide bonds. The lowest BCUT2D eigenvalue weighted by atomic mass is 10.3. The summed E-state index contributed by atoms with van der Waals surface area (Å²) in [7, 11) is 0. The molecule has 0 radical (unpaired) electrons. The van der Waals surface area contributed by atoms with Crippen molar-refractivity contribution in [3.8, 4) is 0 Å². The highest BCUT2D eigenvalue weighted by molar-refractivity contribution is 9.10. The molecule has 4 nitrogen and oxygen atoms in total. The van der Waals surface area contributed by atoms with Gasteiger partial charge in [0.2, 0.25) is 0 Å². The summed E-state index contributed by atoms with van der Waals surface area (Å²) in [4.78, 5) is 18.3. The number of carbonyl (C=O) groups is 1. The molecule has 2 heterocycles. The van der Waals surface area contributed by atoms with Crippen LogP contribution in [0, 0.1) is 0 Å². The summed E-state index contributed by atoms with van der Waals surface area (Å²) in [5, 5.41) is 4.58. The van der Waals surface area contributed by atoms with Crippen molar-refractivity contribution in [2.45, 2.75) is 9.99 Å². The van der Waals surface area contributed by atoms with Gasteiger partial charge in [-0.3, -0.25) is 4.79 Å². The average Bonchev–Trinajstić information content (AvgIpc) is 3.26. The third-order valence-corrected chi connectivity index (χ3v) is 6.69. The van der Waals surface area contributed by atoms with Crippen LogP contribution >= 0.6 is 51.1 Å². The van der Waals surface area contributed by atoms with Crippen LogP contribution in [0.4, 0.5) is 5.69 Å². The summed E-state index contributed by atoms with van der Waals surface area (Å²) >= 11 is 12.2. The average molecular weight is 492 g/mol. The van der Waals surface area contributed by atoms with Crippen molar-refractivity contribution in [1.29, 1.82) is 0 Å². The lowest BCUT2D eigenvalue weighted by molar-refractivity contribution is -0.115. The van der Waals surface area contributed by atoms with Crippen LogP contribution in [0.1, 0.15) is 5.76 Å². The van der Waals surface area contributed by atoms with Gasteiger partial charge in [-0.15, -0.1) is 0 Å². The number of thioether (sulfide) groups is 1. The van der Waals surface area contributed by atoms with Crippen LogP contribution in [-0.4, -0.2) is 11.1 Å². The molecule has 1 aliphatic heterocycles.